The largest absolute Gasteiger partial charge is 0.455 e. The van der Waals surface area contributed by atoms with Crippen LogP contribution in [0, 0.1) is 28.5 Å². The lowest BCUT2D eigenvalue weighted by Crippen LogP contribution is -2.50. The van der Waals surface area contributed by atoms with Crippen molar-refractivity contribution in [1.82, 2.24) is 4.90 Å². The molecule has 0 radical (unpaired) electrons. The van der Waals surface area contributed by atoms with Crippen LogP contribution in [0.2, 0.25) is 0 Å². The van der Waals surface area contributed by atoms with Gasteiger partial charge >= 0.3 is 5.97 Å². The van der Waals surface area contributed by atoms with Crippen molar-refractivity contribution in [2.75, 3.05) is 20.1 Å². The van der Waals surface area contributed by atoms with Crippen LogP contribution >= 0.6 is 67.8 Å². The zero-order chi connectivity index (χ0) is 18.5. The van der Waals surface area contributed by atoms with Gasteiger partial charge in [0.15, 0.2) is 0 Å². The molecule has 1 saturated heterocycles. The van der Waals surface area contributed by atoms with Gasteiger partial charge in [0.1, 0.15) is 5.60 Å². The second-order valence-corrected chi connectivity index (χ2v) is 11.7. The average Bonchev–Trinajstić information content (AvgIpc) is 3.20. The van der Waals surface area contributed by atoms with E-state index in [1.54, 1.807) is 0 Å². The molecule has 2 bridgehead atoms. The van der Waals surface area contributed by atoms with Gasteiger partial charge in [-0.1, -0.05) is 0 Å². The topological polar surface area (TPSA) is 29.5 Å². The molecule has 142 valence electrons. The molecule has 0 amide bonds. The minimum Gasteiger partial charge on any atom is -0.455 e. The fourth-order valence-corrected chi connectivity index (χ4v) is 7.84. The molecular formula is C20H24I3NO2. The van der Waals surface area contributed by atoms with Gasteiger partial charge in [-0.25, -0.2) is 4.79 Å². The van der Waals surface area contributed by atoms with Gasteiger partial charge in [0.25, 0.3) is 0 Å². The van der Waals surface area contributed by atoms with Gasteiger partial charge in [-0.05, 0) is 150 Å². The predicted molar refractivity (Wildman–Crippen MR) is 128 cm³/mol. The van der Waals surface area contributed by atoms with Crippen molar-refractivity contribution in [3.63, 3.8) is 0 Å². The van der Waals surface area contributed by atoms with Crippen LogP contribution in [-0.2, 0) is 4.74 Å². The third kappa shape index (κ3) is 3.69. The van der Waals surface area contributed by atoms with Crippen molar-refractivity contribution in [3.05, 3.63) is 28.4 Å². The minimum atomic E-state index is -0.211. The molecule has 3 nitrogen and oxygen atoms in total. The summed E-state index contributed by atoms with van der Waals surface area (Å²) in [7, 11) is 2.20. The van der Waals surface area contributed by atoms with Crippen LogP contribution in [0.15, 0.2) is 12.1 Å². The van der Waals surface area contributed by atoms with E-state index in [9.17, 15) is 4.79 Å². The second-order valence-electron chi connectivity index (χ2n) is 8.25. The number of halogens is 3. The van der Waals surface area contributed by atoms with Crippen molar-refractivity contribution >= 4 is 73.7 Å². The zero-order valence-corrected chi connectivity index (χ0v) is 21.4. The fraction of sp³-hybridized carbons (Fsp3) is 0.650. The Morgan fingerprint density at radius 1 is 1.12 bits per heavy atom. The maximum atomic E-state index is 13.3. The summed E-state index contributed by atoms with van der Waals surface area (Å²) in [6.45, 7) is 2.25. The van der Waals surface area contributed by atoms with Crippen molar-refractivity contribution in [1.29, 1.82) is 0 Å². The monoisotopic (exact) mass is 691 g/mol. The molecule has 26 heavy (non-hydrogen) atoms. The zero-order valence-electron chi connectivity index (χ0n) is 14.9. The number of nitrogens with zero attached hydrogens (tertiary/aromatic N) is 1. The van der Waals surface area contributed by atoms with Crippen molar-refractivity contribution in [3.8, 4) is 0 Å². The number of hydrogen-bond donors (Lipinski definition) is 0. The van der Waals surface area contributed by atoms with Gasteiger partial charge in [0, 0.05) is 16.6 Å². The number of carbonyl (C=O) groups excluding carboxylic acids is 1. The molecule has 3 atom stereocenters. The summed E-state index contributed by atoms with van der Waals surface area (Å²) < 4.78 is 9.76. The Balaban J connectivity index is 1.63. The molecule has 0 N–H and O–H groups in total. The highest BCUT2D eigenvalue weighted by Crippen LogP contribution is 2.57. The maximum absolute atomic E-state index is 13.3. The first-order valence-electron chi connectivity index (χ1n) is 9.45. The molecule has 3 aliphatic rings. The number of hydrogen-bond acceptors (Lipinski definition) is 3. The summed E-state index contributed by atoms with van der Waals surface area (Å²) in [6, 6.07) is 4.10. The SMILES string of the molecule is CN1CCC(C2(OC(=O)c3cc(I)cc(I)c3I)CC3CCC2C3)CC1. The number of esters is 1. The summed E-state index contributed by atoms with van der Waals surface area (Å²) >= 11 is 6.90. The normalized spacial score (nSPS) is 32.2. The van der Waals surface area contributed by atoms with Crippen LogP contribution < -0.4 is 0 Å². The summed E-state index contributed by atoms with van der Waals surface area (Å²) in [5.74, 6) is 1.77. The number of piperidine rings is 1. The van der Waals surface area contributed by atoms with Crippen LogP contribution in [-0.4, -0.2) is 36.6 Å². The summed E-state index contributed by atoms with van der Waals surface area (Å²) in [4.78, 5) is 15.7. The molecule has 1 aromatic rings. The van der Waals surface area contributed by atoms with Gasteiger partial charge in [-0.3, -0.25) is 0 Å². The Bertz CT molecular complexity index is 717. The first-order valence-corrected chi connectivity index (χ1v) is 12.7. The Kier molecular flexibility index (Phi) is 6.14. The van der Waals surface area contributed by atoms with Crippen LogP contribution in [0.4, 0.5) is 0 Å². The number of rotatable bonds is 3. The first-order chi connectivity index (χ1) is 12.4. The van der Waals surface area contributed by atoms with Crippen LogP contribution in [0.1, 0.15) is 48.9 Å². The molecule has 0 aromatic heterocycles. The number of benzene rings is 1. The first kappa shape index (κ1) is 20.1. The fourth-order valence-electron chi connectivity index (χ4n) is 5.46. The van der Waals surface area contributed by atoms with Gasteiger partial charge < -0.3 is 9.64 Å². The van der Waals surface area contributed by atoms with E-state index in [2.05, 4.69) is 85.8 Å². The van der Waals surface area contributed by atoms with Gasteiger partial charge in [0.2, 0.25) is 0 Å². The van der Waals surface area contributed by atoms with E-state index >= 15 is 0 Å². The summed E-state index contributed by atoms with van der Waals surface area (Å²) in [5, 5.41) is 0. The van der Waals surface area contributed by atoms with Gasteiger partial charge in [-0.2, -0.15) is 0 Å². The van der Waals surface area contributed by atoms with E-state index in [1.165, 1.54) is 19.3 Å². The Hall–Kier alpha value is 0.840. The molecule has 6 heteroatoms. The van der Waals surface area contributed by atoms with Crippen LogP contribution in [0.3, 0.4) is 0 Å². The number of fused-ring (bicyclic) bond motifs is 2. The molecule has 1 heterocycles. The van der Waals surface area contributed by atoms with E-state index in [-0.39, 0.29) is 11.6 Å². The van der Waals surface area contributed by atoms with Crippen LogP contribution in [0.25, 0.3) is 0 Å². The van der Waals surface area contributed by atoms with E-state index < -0.39 is 0 Å². The molecule has 2 aliphatic carbocycles. The number of carbonyl (C=O) groups is 1. The Morgan fingerprint density at radius 3 is 2.46 bits per heavy atom. The highest BCUT2D eigenvalue weighted by Gasteiger charge is 2.57. The molecule has 3 unspecified atom stereocenters. The van der Waals surface area contributed by atoms with Gasteiger partial charge in [0.05, 0.1) is 5.56 Å². The molecule has 2 saturated carbocycles. The highest BCUT2D eigenvalue weighted by molar-refractivity contribution is 14.1. The molecule has 1 aromatic carbocycles. The average molecular weight is 691 g/mol. The second kappa shape index (κ2) is 7.93. The quantitative estimate of drug-likeness (QED) is 0.237. The molecule has 3 fully saturated rings. The van der Waals surface area contributed by atoms with Crippen molar-refractivity contribution in [2.45, 2.75) is 44.1 Å². The number of likely N-dealkylation sites (tertiary alicyclic amines) is 1. The maximum Gasteiger partial charge on any atom is 0.339 e. The Labute approximate surface area is 196 Å². The molecule has 1 aliphatic heterocycles. The van der Waals surface area contributed by atoms with Crippen molar-refractivity contribution in [2.24, 2.45) is 17.8 Å². The summed E-state index contributed by atoms with van der Waals surface area (Å²) in [6.07, 6.45) is 7.25. The van der Waals surface area contributed by atoms with Crippen LogP contribution in [0.5, 0.6) is 0 Å². The smallest absolute Gasteiger partial charge is 0.339 e. The molecular weight excluding hydrogens is 667 g/mol. The minimum absolute atomic E-state index is 0.0997. The summed E-state index contributed by atoms with van der Waals surface area (Å²) in [5.41, 5.74) is 0.536. The highest BCUT2D eigenvalue weighted by atomic mass is 127. The molecule has 4 rings (SSSR count). The van der Waals surface area contributed by atoms with E-state index in [4.69, 9.17) is 4.74 Å². The third-order valence-corrected chi connectivity index (χ3v) is 10.4. The van der Waals surface area contributed by atoms with Crippen molar-refractivity contribution < 1.29 is 9.53 Å². The van der Waals surface area contributed by atoms with E-state index in [0.29, 0.717) is 11.8 Å². The third-order valence-electron chi connectivity index (χ3n) is 6.75. The number of ether oxygens (including phenoxy) is 1. The standard InChI is InChI=1S/C20H24I3NO2/c1-24-6-4-13(5-7-24)20(11-12-2-3-14(20)8-12)26-19(25)16-9-15(21)10-17(22)18(16)23/h9-10,12-14H,2-8,11H2,1H3. The molecule has 0 spiro atoms. The van der Waals surface area contributed by atoms with Gasteiger partial charge in [-0.15, -0.1) is 0 Å². The van der Waals surface area contributed by atoms with E-state index in [1.807, 2.05) is 6.07 Å². The lowest BCUT2D eigenvalue weighted by molar-refractivity contribution is -0.0971. The lowest BCUT2D eigenvalue weighted by Gasteiger charge is -2.46. The van der Waals surface area contributed by atoms with E-state index in [0.717, 1.165) is 54.5 Å². The predicted octanol–water partition coefficient (Wildman–Crippen LogP) is 5.56. The lowest BCUT2D eigenvalue weighted by atomic mass is 9.71. The Morgan fingerprint density at radius 2 is 1.85 bits per heavy atom.